The zero-order valence-corrected chi connectivity index (χ0v) is 13.4. The van der Waals surface area contributed by atoms with Gasteiger partial charge in [0, 0.05) is 25.7 Å². The Morgan fingerprint density at radius 3 is 2.45 bits per heavy atom. The summed E-state index contributed by atoms with van der Waals surface area (Å²) < 4.78 is 5.16. The lowest BCUT2D eigenvalue weighted by molar-refractivity contribution is 0.392. The van der Waals surface area contributed by atoms with Gasteiger partial charge in [0.15, 0.2) is 5.96 Å². The van der Waals surface area contributed by atoms with Crippen molar-refractivity contribution in [1.82, 2.24) is 15.8 Å². The minimum Gasteiger partial charge on any atom is -0.361 e. The van der Waals surface area contributed by atoms with Crippen molar-refractivity contribution < 1.29 is 4.52 Å². The normalized spacial score (nSPS) is 12.0. The van der Waals surface area contributed by atoms with Crippen LogP contribution >= 0.6 is 0 Å². The van der Waals surface area contributed by atoms with Gasteiger partial charge in [0.05, 0.1) is 5.69 Å². The molecule has 0 saturated heterocycles. The Morgan fingerprint density at radius 2 is 1.95 bits per heavy atom. The van der Waals surface area contributed by atoms with Crippen LogP contribution in [0.5, 0.6) is 0 Å². The monoisotopic (exact) mass is 280 g/mol. The van der Waals surface area contributed by atoms with Gasteiger partial charge in [0.2, 0.25) is 0 Å². The van der Waals surface area contributed by atoms with Gasteiger partial charge in [-0.1, -0.05) is 31.8 Å². The van der Waals surface area contributed by atoms with E-state index in [1.807, 2.05) is 13.8 Å². The van der Waals surface area contributed by atoms with Gasteiger partial charge >= 0.3 is 0 Å². The molecule has 0 amide bonds. The lowest BCUT2D eigenvalue weighted by Crippen LogP contribution is -2.40. The summed E-state index contributed by atoms with van der Waals surface area (Å²) in [6.45, 7) is 10.2. The van der Waals surface area contributed by atoms with Crippen LogP contribution in [0.4, 0.5) is 0 Å². The van der Waals surface area contributed by atoms with Gasteiger partial charge in [-0.25, -0.2) is 0 Å². The van der Waals surface area contributed by atoms with Crippen molar-refractivity contribution in [2.24, 2.45) is 10.9 Å². The van der Waals surface area contributed by atoms with Crippen molar-refractivity contribution in [3.05, 3.63) is 17.0 Å². The number of hydrogen-bond donors (Lipinski definition) is 2. The van der Waals surface area contributed by atoms with Crippen LogP contribution in [0.2, 0.25) is 0 Å². The summed E-state index contributed by atoms with van der Waals surface area (Å²) in [7, 11) is 1.80. The van der Waals surface area contributed by atoms with Crippen molar-refractivity contribution in [2.75, 3.05) is 20.1 Å². The SMILES string of the molecule is CCC(CC)CNC(=NC)NCCc1c(C)noc1C. The first-order valence-electron chi connectivity index (χ1n) is 7.48. The molecule has 0 radical (unpaired) electrons. The Hall–Kier alpha value is -1.52. The summed E-state index contributed by atoms with van der Waals surface area (Å²) in [5.41, 5.74) is 2.16. The number of aliphatic imine (C=N–C) groups is 1. The highest BCUT2D eigenvalue weighted by molar-refractivity contribution is 5.79. The van der Waals surface area contributed by atoms with Crippen LogP contribution in [0, 0.1) is 19.8 Å². The fraction of sp³-hybridized carbons (Fsp3) is 0.733. The maximum absolute atomic E-state index is 5.16. The summed E-state index contributed by atoms with van der Waals surface area (Å²) in [6.07, 6.45) is 3.28. The van der Waals surface area contributed by atoms with Crippen molar-refractivity contribution in [1.29, 1.82) is 0 Å². The summed E-state index contributed by atoms with van der Waals surface area (Å²) in [4.78, 5) is 4.25. The fourth-order valence-corrected chi connectivity index (χ4v) is 2.20. The fourth-order valence-electron chi connectivity index (χ4n) is 2.20. The molecule has 0 aliphatic carbocycles. The molecule has 5 heteroatoms. The zero-order valence-electron chi connectivity index (χ0n) is 13.4. The highest BCUT2D eigenvalue weighted by atomic mass is 16.5. The van der Waals surface area contributed by atoms with Gasteiger partial charge in [-0.05, 0) is 26.2 Å². The predicted octanol–water partition coefficient (Wildman–Crippen LogP) is 2.44. The van der Waals surface area contributed by atoms with Crippen LogP contribution in [0.15, 0.2) is 9.52 Å². The number of hydrogen-bond acceptors (Lipinski definition) is 3. The van der Waals surface area contributed by atoms with Crippen LogP contribution in [0.1, 0.15) is 43.7 Å². The van der Waals surface area contributed by atoms with Crippen molar-refractivity contribution in [3.8, 4) is 0 Å². The first-order chi connectivity index (χ1) is 9.62. The number of aromatic nitrogens is 1. The average Bonchev–Trinajstić information content (AvgIpc) is 2.77. The third kappa shape index (κ3) is 4.87. The molecule has 0 saturated carbocycles. The van der Waals surface area contributed by atoms with E-state index in [0.717, 1.165) is 36.9 Å². The Balaban J connectivity index is 2.35. The van der Waals surface area contributed by atoms with Crippen LogP contribution in [-0.2, 0) is 6.42 Å². The second-order valence-corrected chi connectivity index (χ2v) is 5.12. The van der Waals surface area contributed by atoms with Gasteiger partial charge in [0.25, 0.3) is 0 Å². The Kier molecular flexibility index (Phi) is 7.12. The number of guanidine groups is 1. The van der Waals surface area contributed by atoms with Gasteiger partial charge < -0.3 is 15.2 Å². The van der Waals surface area contributed by atoms with E-state index >= 15 is 0 Å². The number of aryl methyl sites for hydroxylation is 2. The summed E-state index contributed by atoms with van der Waals surface area (Å²) >= 11 is 0. The van der Waals surface area contributed by atoms with Gasteiger partial charge in [-0.2, -0.15) is 0 Å². The minimum atomic E-state index is 0.705. The lowest BCUT2D eigenvalue weighted by atomic mass is 10.0. The lowest BCUT2D eigenvalue weighted by Gasteiger charge is -2.16. The molecule has 0 unspecified atom stereocenters. The molecule has 2 N–H and O–H groups in total. The number of nitrogens with zero attached hydrogens (tertiary/aromatic N) is 2. The molecular formula is C15H28N4O. The van der Waals surface area contributed by atoms with Gasteiger partial charge in [-0.3, -0.25) is 4.99 Å². The molecule has 0 bridgehead atoms. The molecule has 20 heavy (non-hydrogen) atoms. The predicted molar refractivity (Wildman–Crippen MR) is 83.1 cm³/mol. The molecule has 1 rings (SSSR count). The number of nitrogens with one attached hydrogen (secondary N) is 2. The second kappa shape index (κ2) is 8.61. The molecule has 1 aromatic heterocycles. The minimum absolute atomic E-state index is 0.705. The van der Waals surface area contributed by atoms with Crippen LogP contribution in [0.25, 0.3) is 0 Å². The topological polar surface area (TPSA) is 62.5 Å². The molecule has 1 heterocycles. The van der Waals surface area contributed by atoms with Crippen LogP contribution < -0.4 is 10.6 Å². The third-order valence-corrected chi connectivity index (χ3v) is 3.79. The molecule has 1 aromatic rings. The Labute approximate surface area is 122 Å². The summed E-state index contributed by atoms with van der Waals surface area (Å²) in [5.74, 6) is 2.48. The standard InChI is InChI=1S/C15H28N4O/c1-6-13(7-2)10-18-15(16-5)17-9-8-14-11(3)19-20-12(14)4/h13H,6-10H2,1-5H3,(H2,16,17,18). The average molecular weight is 280 g/mol. The van der Waals surface area contributed by atoms with Crippen LogP contribution in [0.3, 0.4) is 0 Å². The third-order valence-electron chi connectivity index (χ3n) is 3.79. The largest absolute Gasteiger partial charge is 0.361 e. The number of rotatable bonds is 7. The molecule has 0 aliphatic rings. The Morgan fingerprint density at radius 1 is 1.25 bits per heavy atom. The highest BCUT2D eigenvalue weighted by Crippen LogP contribution is 2.12. The van der Waals surface area contributed by atoms with Gasteiger partial charge in [-0.15, -0.1) is 0 Å². The molecule has 0 atom stereocenters. The maximum Gasteiger partial charge on any atom is 0.190 e. The van der Waals surface area contributed by atoms with Gasteiger partial charge in [0.1, 0.15) is 5.76 Å². The molecule has 0 fully saturated rings. The van der Waals surface area contributed by atoms with Crippen molar-refractivity contribution in [3.63, 3.8) is 0 Å². The molecule has 5 nitrogen and oxygen atoms in total. The first-order valence-corrected chi connectivity index (χ1v) is 7.48. The van der Waals surface area contributed by atoms with E-state index < -0.39 is 0 Å². The second-order valence-electron chi connectivity index (χ2n) is 5.12. The summed E-state index contributed by atoms with van der Waals surface area (Å²) in [6, 6.07) is 0. The molecule has 114 valence electrons. The van der Waals surface area contributed by atoms with E-state index in [-0.39, 0.29) is 0 Å². The Bertz CT molecular complexity index is 402. The first kappa shape index (κ1) is 16.5. The molecular weight excluding hydrogens is 252 g/mol. The zero-order chi connectivity index (χ0) is 15.0. The quantitative estimate of drug-likeness (QED) is 0.595. The van der Waals surface area contributed by atoms with E-state index in [9.17, 15) is 0 Å². The van der Waals surface area contributed by atoms with Crippen LogP contribution in [-0.4, -0.2) is 31.3 Å². The van der Waals surface area contributed by atoms with E-state index in [4.69, 9.17) is 4.52 Å². The van der Waals surface area contributed by atoms with E-state index in [0.29, 0.717) is 5.92 Å². The highest BCUT2D eigenvalue weighted by Gasteiger charge is 2.09. The van der Waals surface area contributed by atoms with E-state index in [1.165, 1.54) is 18.4 Å². The molecule has 0 aromatic carbocycles. The van der Waals surface area contributed by atoms with Crippen molar-refractivity contribution in [2.45, 2.75) is 47.0 Å². The summed E-state index contributed by atoms with van der Waals surface area (Å²) in [5, 5.41) is 10.7. The van der Waals surface area contributed by atoms with E-state index in [2.05, 4.69) is 34.6 Å². The smallest absolute Gasteiger partial charge is 0.190 e. The molecule has 0 aliphatic heterocycles. The maximum atomic E-state index is 5.16. The molecule has 0 spiro atoms. The van der Waals surface area contributed by atoms with Crippen molar-refractivity contribution >= 4 is 5.96 Å². The van der Waals surface area contributed by atoms with E-state index in [1.54, 1.807) is 7.05 Å².